The minimum absolute atomic E-state index is 0.0108. The molecule has 4 aromatic rings. The molecule has 2 aromatic carbocycles. The first-order chi connectivity index (χ1) is 19.3. The third-order valence-corrected chi connectivity index (χ3v) is 7.31. The largest absolute Gasteiger partial charge is 0.443 e. The molecule has 0 atom stereocenters. The van der Waals surface area contributed by atoms with Crippen molar-refractivity contribution in [1.82, 2.24) is 19.5 Å². The number of benzene rings is 2. The van der Waals surface area contributed by atoms with Gasteiger partial charge in [0, 0.05) is 23.5 Å². The van der Waals surface area contributed by atoms with Crippen LogP contribution in [0.5, 0.6) is 5.75 Å². The fraction of sp³-hybridized carbons (Fsp3) is 0.400. The van der Waals surface area contributed by atoms with E-state index < -0.39 is 29.4 Å². The summed E-state index contributed by atoms with van der Waals surface area (Å²) >= 11 is 0. The van der Waals surface area contributed by atoms with Crippen LogP contribution in [0.15, 0.2) is 48.8 Å². The van der Waals surface area contributed by atoms with Gasteiger partial charge in [0.1, 0.15) is 28.3 Å². The first-order valence-electron chi connectivity index (χ1n) is 13.4. The van der Waals surface area contributed by atoms with E-state index in [1.165, 1.54) is 6.07 Å². The molecule has 9 nitrogen and oxygen atoms in total. The highest BCUT2D eigenvalue weighted by Gasteiger charge is 2.58. The van der Waals surface area contributed by atoms with Gasteiger partial charge in [0.25, 0.3) is 0 Å². The molecule has 0 bridgehead atoms. The summed E-state index contributed by atoms with van der Waals surface area (Å²) in [4.78, 5) is 28.9. The third-order valence-electron chi connectivity index (χ3n) is 7.31. The minimum atomic E-state index is -3.04. The molecule has 0 saturated heterocycles. The maximum atomic E-state index is 13.7. The van der Waals surface area contributed by atoms with Crippen LogP contribution in [-0.2, 0) is 22.4 Å². The summed E-state index contributed by atoms with van der Waals surface area (Å²) in [6, 6.07) is 10.6. The summed E-state index contributed by atoms with van der Waals surface area (Å²) in [6.45, 7) is 5.72. The van der Waals surface area contributed by atoms with E-state index in [-0.39, 0.29) is 12.3 Å². The summed E-state index contributed by atoms with van der Waals surface area (Å²) in [6.07, 6.45) is 3.99. The zero-order chi connectivity index (χ0) is 29.3. The van der Waals surface area contributed by atoms with Gasteiger partial charge in [0.2, 0.25) is 0 Å². The highest BCUT2D eigenvalue weighted by Crippen LogP contribution is 2.56. The lowest BCUT2D eigenvalue weighted by Gasteiger charge is -2.33. The number of nitrogens with zero attached hydrogens (tertiary/aromatic N) is 5. The lowest BCUT2D eigenvalue weighted by molar-refractivity contribution is -0.0504. The average molecular weight is 564 g/mol. The first-order valence-corrected chi connectivity index (χ1v) is 13.4. The Balaban J connectivity index is 1.53. The van der Waals surface area contributed by atoms with Crippen molar-refractivity contribution < 1.29 is 28.2 Å². The number of hydrogen-bond acceptors (Lipinski definition) is 7. The number of hydrogen-bond donors (Lipinski definition) is 1. The molecule has 1 N–H and O–H groups in total. The summed E-state index contributed by atoms with van der Waals surface area (Å²) in [5.74, 6) is 0.952. The normalized spacial score (nSPS) is 16.0. The average Bonchev–Trinajstić information content (AvgIpc) is 3.60. The number of carbonyl (C=O) groups is 1. The summed E-state index contributed by atoms with van der Waals surface area (Å²) in [5.41, 5.74) is 1.17. The SMILES string of the molecule is CC(C)(C)OC(=O)N1c2cccc(OC(F)F)c2Cn2c(nc3ccc(-c4cnc(C(C)(C)O)nc4)cc32)C12CC2. The number of aromatic nitrogens is 4. The Morgan fingerprint density at radius 3 is 2.37 bits per heavy atom. The lowest BCUT2D eigenvalue weighted by Crippen LogP contribution is -2.44. The molecule has 11 heteroatoms. The molecule has 2 aliphatic rings. The Labute approximate surface area is 235 Å². The van der Waals surface area contributed by atoms with Crippen LogP contribution in [0, 0.1) is 0 Å². The maximum absolute atomic E-state index is 13.7. The van der Waals surface area contributed by atoms with Crippen LogP contribution in [0.4, 0.5) is 19.3 Å². The molecular formula is C30H31F2N5O4. The third kappa shape index (κ3) is 4.77. The monoisotopic (exact) mass is 563 g/mol. The van der Waals surface area contributed by atoms with Crippen LogP contribution < -0.4 is 9.64 Å². The summed E-state index contributed by atoms with van der Waals surface area (Å²) < 4.78 is 39.7. The van der Waals surface area contributed by atoms with E-state index in [0.29, 0.717) is 41.3 Å². The molecule has 0 radical (unpaired) electrons. The highest BCUT2D eigenvalue weighted by molar-refractivity contribution is 5.93. The van der Waals surface area contributed by atoms with Crippen LogP contribution in [0.25, 0.3) is 22.2 Å². The molecule has 1 saturated carbocycles. The minimum Gasteiger partial charge on any atom is -0.443 e. The van der Waals surface area contributed by atoms with E-state index in [4.69, 9.17) is 14.5 Å². The molecule has 41 heavy (non-hydrogen) atoms. The number of carbonyl (C=O) groups excluding carboxylic acids is 1. The number of aliphatic hydroxyl groups is 1. The number of anilines is 1. The number of fused-ring (bicyclic) bond motifs is 5. The Hall–Kier alpha value is -4.12. The van der Waals surface area contributed by atoms with Crippen molar-refractivity contribution in [2.75, 3.05) is 4.90 Å². The number of imidazole rings is 1. The smallest absolute Gasteiger partial charge is 0.415 e. The van der Waals surface area contributed by atoms with Gasteiger partial charge in [0.15, 0.2) is 5.82 Å². The summed E-state index contributed by atoms with van der Waals surface area (Å²) in [7, 11) is 0. The number of halogens is 2. The van der Waals surface area contributed by atoms with Gasteiger partial charge < -0.3 is 19.1 Å². The first kappa shape index (κ1) is 27.1. The van der Waals surface area contributed by atoms with Gasteiger partial charge in [-0.15, -0.1) is 0 Å². The van der Waals surface area contributed by atoms with E-state index in [1.807, 2.05) is 22.8 Å². The Morgan fingerprint density at radius 1 is 1.05 bits per heavy atom. The molecular weight excluding hydrogens is 532 g/mol. The van der Waals surface area contributed by atoms with Crippen molar-refractivity contribution in [1.29, 1.82) is 0 Å². The second kappa shape index (κ2) is 9.20. The van der Waals surface area contributed by atoms with Gasteiger partial charge >= 0.3 is 12.7 Å². The highest BCUT2D eigenvalue weighted by atomic mass is 19.3. The molecule has 1 fully saturated rings. The number of ether oxygens (including phenoxy) is 2. The van der Waals surface area contributed by atoms with Crippen LogP contribution in [-0.4, -0.2) is 42.9 Å². The van der Waals surface area contributed by atoms with E-state index in [1.54, 1.807) is 64.0 Å². The zero-order valence-electron chi connectivity index (χ0n) is 23.5. The second-order valence-electron chi connectivity index (χ2n) is 12.1. The van der Waals surface area contributed by atoms with Crippen LogP contribution in [0.1, 0.15) is 64.7 Å². The fourth-order valence-corrected chi connectivity index (χ4v) is 5.37. The molecule has 1 spiro atoms. The Kier molecular flexibility index (Phi) is 6.07. The van der Waals surface area contributed by atoms with Gasteiger partial charge in [-0.3, -0.25) is 4.90 Å². The van der Waals surface area contributed by atoms with E-state index in [0.717, 1.165) is 16.6 Å². The predicted molar refractivity (Wildman–Crippen MR) is 148 cm³/mol. The predicted octanol–water partition coefficient (Wildman–Crippen LogP) is 6.11. The zero-order valence-corrected chi connectivity index (χ0v) is 23.5. The summed E-state index contributed by atoms with van der Waals surface area (Å²) in [5, 5.41) is 10.2. The van der Waals surface area contributed by atoms with Crippen molar-refractivity contribution in [2.24, 2.45) is 0 Å². The van der Waals surface area contributed by atoms with Gasteiger partial charge in [-0.1, -0.05) is 12.1 Å². The van der Waals surface area contributed by atoms with Crippen molar-refractivity contribution in [3.05, 3.63) is 66.0 Å². The number of rotatable bonds is 4. The van der Waals surface area contributed by atoms with Crippen LogP contribution in [0.3, 0.4) is 0 Å². The molecule has 214 valence electrons. The van der Waals surface area contributed by atoms with Crippen molar-refractivity contribution in [3.63, 3.8) is 0 Å². The van der Waals surface area contributed by atoms with Crippen LogP contribution in [0.2, 0.25) is 0 Å². The standard InChI is InChI=1S/C30H31F2N5O4/c1-28(2,3)41-27(38)37-21-7-6-8-23(40-26(31)32)19(21)16-36-22-13-17(18-14-33-24(34-15-18)29(4,5)39)9-10-20(22)35-25(36)30(37)11-12-30/h6-10,13-15,26,39H,11-12,16H2,1-5H3. The Bertz CT molecular complexity index is 1650. The van der Waals surface area contributed by atoms with Crippen molar-refractivity contribution in [2.45, 2.75) is 77.4 Å². The van der Waals surface area contributed by atoms with Crippen molar-refractivity contribution in [3.8, 4) is 16.9 Å². The molecule has 1 aliphatic carbocycles. The maximum Gasteiger partial charge on any atom is 0.415 e. The number of amides is 1. The van der Waals surface area contributed by atoms with Gasteiger partial charge in [-0.2, -0.15) is 8.78 Å². The molecule has 0 unspecified atom stereocenters. The Morgan fingerprint density at radius 2 is 1.76 bits per heavy atom. The molecule has 1 amide bonds. The van der Waals surface area contributed by atoms with Gasteiger partial charge in [-0.25, -0.2) is 19.7 Å². The lowest BCUT2D eigenvalue weighted by atomic mass is 10.1. The molecule has 6 rings (SSSR count). The van der Waals surface area contributed by atoms with Crippen molar-refractivity contribution >= 4 is 22.8 Å². The number of alkyl halides is 2. The van der Waals surface area contributed by atoms with E-state index >= 15 is 0 Å². The topological polar surface area (TPSA) is 103 Å². The fourth-order valence-electron chi connectivity index (χ4n) is 5.37. The van der Waals surface area contributed by atoms with E-state index in [9.17, 15) is 18.7 Å². The van der Waals surface area contributed by atoms with Gasteiger partial charge in [0.05, 0.1) is 23.3 Å². The van der Waals surface area contributed by atoms with Gasteiger partial charge in [-0.05, 0) is 77.3 Å². The molecule has 3 heterocycles. The molecule has 2 aromatic heterocycles. The second-order valence-corrected chi connectivity index (χ2v) is 12.1. The van der Waals surface area contributed by atoms with E-state index in [2.05, 4.69) is 9.97 Å². The van der Waals surface area contributed by atoms with Crippen LogP contribution >= 0.6 is 0 Å². The quantitative estimate of drug-likeness (QED) is 0.319. The molecule has 1 aliphatic heterocycles.